The number of carbonyl (C=O) groups is 3. The lowest BCUT2D eigenvalue weighted by Crippen LogP contribution is -2.62. The summed E-state index contributed by atoms with van der Waals surface area (Å²) < 4.78 is 10.6. The maximum Gasteiger partial charge on any atom is 0.435 e. The third-order valence-corrected chi connectivity index (χ3v) is 8.18. The van der Waals surface area contributed by atoms with Gasteiger partial charge in [-0.05, 0) is 80.2 Å². The van der Waals surface area contributed by atoms with E-state index in [1.807, 2.05) is 12.1 Å². The van der Waals surface area contributed by atoms with Crippen LogP contribution in [0.25, 0.3) is 0 Å². The molecule has 0 bridgehead atoms. The number of nitrogens with two attached hydrogens (primary N) is 1. The average Bonchev–Trinajstić information content (AvgIpc) is 3.44. The number of carbonyl (C=O) groups excluding carboxylic acids is 3. The summed E-state index contributed by atoms with van der Waals surface area (Å²) in [4.78, 5) is 43.9. The Hall–Kier alpha value is -3.92. The Morgan fingerprint density at radius 3 is 2.52 bits per heavy atom. The van der Waals surface area contributed by atoms with E-state index in [2.05, 4.69) is 10.3 Å². The second-order valence-electron chi connectivity index (χ2n) is 10.7. The number of amides is 3. The molecular formula is C30H36N4O6. The molecule has 2 unspecified atom stereocenters. The monoisotopic (exact) mass is 548 g/mol. The summed E-state index contributed by atoms with van der Waals surface area (Å²) in [6, 6.07) is 11.8. The summed E-state index contributed by atoms with van der Waals surface area (Å²) >= 11 is 0. The number of methoxy groups -OCH3 is 1. The molecule has 1 heterocycles. The van der Waals surface area contributed by atoms with Crippen molar-refractivity contribution in [1.82, 2.24) is 10.2 Å². The number of rotatable bonds is 7. The highest BCUT2D eigenvalue weighted by Crippen LogP contribution is 2.40. The number of hydrogen-bond acceptors (Lipinski definition) is 6. The topological polar surface area (TPSA) is 144 Å². The molecule has 1 saturated carbocycles. The summed E-state index contributed by atoms with van der Waals surface area (Å²) in [6.07, 6.45) is 5.35. The molecule has 10 heteroatoms. The van der Waals surface area contributed by atoms with Crippen molar-refractivity contribution in [2.45, 2.75) is 75.7 Å². The molecule has 2 aliphatic carbocycles. The lowest BCUT2D eigenvalue weighted by atomic mass is 9.77. The molecule has 0 radical (unpaired) electrons. The van der Waals surface area contributed by atoms with Crippen LogP contribution in [0.1, 0.15) is 67.2 Å². The van der Waals surface area contributed by atoms with Gasteiger partial charge in [0.1, 0.15) is 23.7 Å². The van der Waals surface area contributed by atoms with Crippen LogP contribution in [-0.2, 0) is 32.9 Å². The lowest BCUT2D eigenvalue weighted by Gasteiger charge is -2.45. The Balaban J connectivity index is 1.17. The lowest BCUT2D eigenvalue weighted by molar-refractivity contribution is -0.166. The van der Waals surface area contributed by atoms with Gasteiger partial charge in [0.15, 0.2) is 5.60 Å². The summed E-state index contributed by atoms with van der Waals surface area (Å²) in [5.74, 6) is -0.0711. The van der Waals surface area contributed by atoms with E-state index in [-0.39, 0.29) is 24.4 Å². The van der Waals surface area contributed by atoms with E-state index >= 15 is 0 Å². The van der Waals surface area contributed by atoms with Crippen LogP contribution in [0.3, 0.4) is 0 Å². The number of likely N-dealkylation sites (tertiary alicyclic amines) is 1. The first-order valence-electron chi connectivity index (χ1n) is 13.9. The van der Waals surface area contributed by atoms with Gasteiger partial charge in [-0.1, -0.05) is 30.3 Å². The van der Waals surface area contributed by atoms with E-state index in [1.54, 1.807) is 37.4 Å². The Kier molecular flexibility index (Phi) is 8.07. The molecule has 1 aliphatic heterocycles. The Morgan fingerprint density at radius 1 is 1.10 bits per heavy atom. The number of fused-ring (bicyclic) bond motifs is 1. The molecule has 0 aromatic heterocycles. The van der Waals surface area contributed by atoms with Crippen LogP contribution >= 0.6 is 0 Å². The van der Waals surface area contributed by atoms with E-state index in [0.717, 1.165) is 43.2 Å². The van der Waals surface area contributed by atoms with Crippen LogP contribution in [0.15, 0.2) is 47.5 Å². The van der Waals surface area contributed by atoms with Crippen molar-refractivity contribution >= 4 is 23.7 Å². The molecule has 2 aromatic rings. The largest absolute Gasteiger partial charge is 0.497 e. The average molecular weight is 549 g/mol. The van der Waals surface area contributed by atoms with Crippen molar-refractivity contribution in [3.8, 4) is 5.75 Å². The van der Waals surface area contributed by atoms with Crippen molar-refractivity contribution in [1.29, 1.82) is 0 Å². The van der Waals surface area contributed by atoms with Gasteiger partial charge in [-0.25, -0.2) is 4.79 Å². The Labute approximate surface area is 233 Å². The van der Waals surface area contributed by atoms with Gasteiger partial charge in [-0.15, -0.1) is 0 Å². The molecule has 5 rings (SSSR count). The molecule has 2 atom stereocenters. The predicted molar refractivity (Wildman–Crippen MR) is 148 cm³/mol. The number of aliphatic imine (C=N–C) groups is 1. The van der Waals surface area contributed by atoms with Gasteiger partial charge in [0.2, 0.25) is 5.91 Å². The highest BCUT2D eigenvalue weighted by atomic mass is 16.6. The first-order chi connectivity index (χ1) is 19.3. The zero-order valence-electron chi connectivity index (χ0n) is 22.7. The first-order valence-corrected chi connectivity index (χ1v) is 13.9. The van der Waals surface area contributed by atoms with Gasteiger partial charge in [-0.3, -0.25) is 9.59 Å². The molecule has 4 N–H and O–H groups in total. The van der Waals surface area contributed by atoms with Crippen molar-refractivity contribution in [2.24, 2.45) is 10.7 Å². The van der Waals surface area contributed by atoms with Crippen LogP contribution < -0.4 is 15.8 Å². The fourth-order valence-electron chi connectivity index (χ4n) is 5.76. The number of ether oxygens (including phenoxy) is 2. The molecule has 40 heavy (non-hydrogen) atoms. The standard InChI is InChI=1S/C30H36N4O6/c1-39-23-13-12-20-5-4-15-30(38,24(20)17-23)28(36)34-16-14-25(34)27(35)32-18-19-8-10-21(11-9-19)26(31)33-29(37)40-22-6-2-3-7-22/h8-13,17,22,25,38H,2-7,14-16,18H2,1H3,(H,32,35)(H2,31,33,37). The maximum atomic E-state index is 13.5. The van der Waals surface area contributed by atoms with Crippen LogP contribution in [0.4, 0.5) is 4.79 Å². The van der Waals surface area contributed by atoms with E-state index in [9.17, 15) is 19.5 Å². The third-order valence-electron chi connectivity index (χ3n) is 8.18. The molecule has 10 nitrogen and oxygen atoms in total. The fraction of sp³-hybridized carbons (Fsp3) is 0.467. The van der Waals surface area contributed by atoms with Gasteiger partial charge in [0.05, 0.1) is 7.11 Å². The summed E-state index contributed by atoms with van der Waals surface area (Å²) in [7, 11) is 1.55. The number of aliphatic hydroxyl groups is 1. The van der Waals surface area contributed by atoms with Gasteiger partial charge < -0.3 is 30.5 Å². The molecule has 2 aromatic carbocycles. The Morgan fingerprint density at radius 2 is 1.85 bits per heavy atom. The van der Waals surface area contributed by atoms with E-state index in [1.165, 1.54) is 4.90 Å². The summed E-state index contributed by atoms with van der Waals surface area (Å²) in [5.41, 5.74) is 7.18. The smallest absolute Gasteiger partial charge is 0.435 e. The summed E-state index contributed by atoms with van der Waals surface area (Å²) in [5, 5.41) is 14.4. The minimum absolute atomic E-state index is 0.0713. The minimum atomic E-state index is -1.68. The van der Waals surface area contributed by atoms with E-state index < -0.39 is 23.6 Å². The van der Waals surface area contributed by atoms with E-state index in [4.69, 9.17) is 15.2 Å². The number of nitrogens with zero attached hydrogens (tertiary/aromatic N) is 2. The van der Waals surface area contributed by atoms with Crippen molar-refractivity contribution < 1.29 is 29.0 Å². The number of aryl methyl sites for hydroxylation is 1. The highest BCUT2D eigenvalue weighted by Gasteiger charge is 2.49. The normalized spacial score (nSPS) is 22.7. The third kappa shape index (κ3) is 5.67. The minimum Gasteiger partial charge on any atom is -0.497 e. The van der Waals surface area contributed by atoms with Crippen LogP contribution in [0.5, 0.6) is 5.75 Å². The summed E-state index contributed by atoms with van der Waals surface area (Å²) in [6.45, 7) is 0.664. The molecule has 1 saturated heterocycles. The fourth-order valence-corrected chi connectivity index (χ4v) is 5.76. The zero-order valence-corrected chi connectivity index (χ0v) is 22.7. The number of nitrogens with one attached hydrogen (secondary N) is 1. The molecule has 2 fully saturated rings. The van der Waals surface area contributed by atoms with Crippen LogP contribution in [-0.4, -0.2) is 59.6 Å². The van der Waals surface area contributed by atoms with Crippen LogP contribution in [0, 0.1) is 0 Å². The van der Waals surface area contributed by atoms with Gasteiger partial charge in [0, 0.05) is 18.7 Å². The number of hydrogen-bond donors (Lipinski definition) is 3. The highest BCUT2D eigenvalue weighted by molar-refractivity contribution is 6.02. The van der Waals surface area contributed by atoms with Crippen molar-refractivity contribution in [3.05, 3.63) is 64.7 Å². The quantitative estimate of drug-likeness (QED) is 0.357. The number of benzene rings is 2. The predicted octanol–water partition coefficient (Wildman–Crippen LogP) is 2.92. The van der Waals surface area contributed by atoms with Gasteiger partial charge >= 0.3 is 6.09 Å². The SMILES string of the molecule is COc1ccc2c(c1)C(O)(C(=O)N1CCC1C(=O)NCc1ccc(/C(N)=N/C(=O)OC3CCCC3)cc1)CCC2. The second-order valence-corrected chi connectivity index (χ2v) is 10.7. The molecule has 3 aliphatic rings. The second kappa shape index (κ2) is 11.7. The number of amidine groups is 1. The van der Waals surface area contributed by atoms with E-state index in [0.29, 0.717) is 42.7 Å². The van der Waals surface area contributed by atoms with Crippen LogP contribution in [0.2, 0.25) is 0 Å². The van der Waals surface area contributed by atoms with Crippen molar-refractivity contribution in [3.63, 3.8) is 0 Å². The first kappa shape index (κ1) is 27.6. The van der Waals surface area contributed by atoms with Gasteiger partial charge in [0.25, 0.3) is 5.91 Å². The molecular weight excluding hydrogens is 512 g/mol. The maximum absolute atomic E-state index is 13.5. The molecule has 212 valence electrons. The molecule has 3 amide bonds. The molecule has 0 spiro atoms. The zero-order chi connectivity index (χ0) is 28.3. The van der Waals surface area contributed by atoms with Gasteiger partial charge in [-0.2, -0.15) is 4.99 Å². The van der Waals surface area contributed by atoms with Crippen molar-refractivity contribution in [2.75, 3.05) is 13.7 Å². The Bertz CT molecular complexity index is 1300.